The van der Waals surface area contributed by atoms with Gasteiger partial charge in [-0.1, -0.05) is 36.0 Å². The van der Waals surface area contributed by atoms with Gasteiger partial charge in [-0.3, -0.25) is 10.4 Å². The molecule has 0 saturated carbocycles. The van der Waals surface area contributed by atoms with E-state index in [2.05, 4.69) is 55.2 Å². The van der Waals surface area contributed by atoms with E-state index in [-0.39, 0.29) is 0 Å². The minimum atomic E-state index is -0.437. The molecule has 7 nitrogen and oxygen atoms in total. The fourth-order valence-corrected chi connectivity index (χ4v) is 3.93. The maximum Gasteiger partial charge on any atom is 0.340 e. The fraction of sp³-hybridized carbons (Fsp3) is 0.105. The number of nitrogens with zero attached hydrogens (tertiary/aromatic N) is 3. The van der Waals surface area contributed by atoms with Gasteiger partial charge in [0.2, 0.25) is 0 Å². The Kier molecular flexibility index (Phi) is 4.80. The highest BCUT2D eigenvalue weighted by Gasteiger charge is 2.21. The van der Waals surface area contributed by atoms with Crippen molar-refractivity contribution in [2.24, 2.45) is 5.10 Å². The summed E-state index contributed by atoms with van der Waals surface area (Å²) < 4.78 is 0. The normalized spacial score (nSPS) is 12.6. The molecule has 4 rings (SSSR count). The number of aromatic nitrogens is 2. The van der Waals surface area contributed by atoms with Gasteiger partial charge in [0.1, 0.15) is 0 Å². The first-order valence-corrected chi connectivity index (χ1v) is 9.26. The third-order valence-electron chi connectivity index (χ3n) is 4.00. The van der Waals surface area contributed by atoms with Gasteiger partial charge in [-0.15, -0.1) is 0 Å². The summed E-state index contributed by atoms with van der Waals surface area (Å²) in [5.74, 6) is 0.455. The summed E-state index contributed by atoms with van der Waals surface area (Å²) in [5, 5.41) is 13.4. The Balaban J connectivity index is 1.43. The number of H-pyrrole nitrogens is 1. The molecule has 0 unspecified atom stereocenters. The van der Waals surface area contributed by atoms with Crippen molar-refractivity contribution in [1.82, 2.24) is 15.6 Å². The number of rotatable bonds is 4. The van der Waals surface area contributed by atoms with E-state index in [0.29, 0.717) is 12.4 Å². The summed E-state index contributed by atoms with van der Waals surface area (Å²) in [6.45, 7) is 2.40. The highest BCUT2D eigenvalue weighted by molar-refractivity contribution is 7.99. The van der Waals surface area contributed by atoms with Crippen LogP contribution >= 0.6 is 11.8 Å². The average molecular weight is 378 g/mol. The van der Waals surface area contributed by atoms with Crippen molar-refractivity contribution in [3.63, 3.8) is 0 Å². The number of fused-ring (bicyclic) bond motifs is 2. The Morgan fingerprint density at radius 1 is 1.19 bits per heavy atom. The Bertz CT molecular complexity index is 954. The first-order chi connectivity index (χ1) is 13.2. The number of hydrazone groups is 1. The SMILES string of the molecule is Cc1cc(NC(=O)N/N=C/CN2c3ccccc3Sc3ccccc32)n[nH]1. The molecule has 1 aliphatic heterocycles. The molecule has 3 aromatic rings. The van der Waals surface area contributed by atoms with Crippen LogP contribution in [0.15, 0.2) is 69.5 Å². The third-order valence-corrected chi connectivity index (χ3v) is 5.13. The third kappa shape index (κ3) is 3.80. The maximum atomic E-state index is 11.9. The van der Waals surface area contributed by atoms with E-state index in [9.17, 15) is 4.79 Å². The smallest absolute Gasteiger partial charge is 0.334 e. The number of nitrogens with one attached hydrogen (secondary N) is 3. The van der Waals surface area contributed by atoms with Gasteiger partial charge in [0, 0.05) is 27.8 Å². The topological polar surface area (TPSA) is 85.4 Å². The lowest BCUT2D eigenvalue weighted by atomic mass is 10.2. The van der Waals surface area contributed by atoms with Crippen molar-refractivity contribution in [2.45, 2.75) is 16.7 Å². The molecule has 136 valence electrons. The molecule has 2 heterocycles. The van der Waals surface area contributed by atoms with Gasteiger partial charge in [0.15, 0.2) is 5.82 Å². The summed E-state index contributed by atoms with van der Waals surface area (Å²) in [5.41, 5.74) is 5.59. The molecule has 0 saturated heterocycles. The molecule has 8 heteroatoms. The lowest BCUT2D eigenvalue weighted by Crippen LogP contribution is -2.27. The van der Waals surface area contributed by atoms with E-state index >= 15 is 0 Å². The molecular formula is C19H18N6OS. The van der Waals surface area contributed by atoms with Gasteiger partial charge in [0.05, 0.1) is 17.9 Å². The largest absolute Gasteiger partial charge is 0.340 e. The molecule has 1 aliphatic rings. The summed E-state index contributed by atoms with van der Waals surface area (Å²) in [4.78, 5) is 16.4. The van der Waals surface area contributed by atoms with Crippen molar-refractivity contribution in [3.05, 3.63) is 60.3 Å². The van der Waals surface area contributed by atoms with Crippen LogP contribution in [0.3, 0.4) is 0 Å². The van der Waals surface area contributed by atoms with E-state index in [1.165, 1.54) is 9.79 Å². The van der Waals surface area contributed by atoms with Crippen LogP contribution in [0.1, 0.15) is 5.69 Å². The van der Waals surface area contributed by atoms with E-state index in [0.717, 1.165) is 17.1 Å². The molecule has 0 atom stereocenters. The second-order valence-corrected chi connectivity index (χ2v) is 7.05. The van der Waals surface area contributed by atoms with Crippen molar-refractivity contribution >= 4 is 41.2 Å². The number of carbonyl (C=O) groups is 1. The van der Waals surface area contributed by atoms with Gasteiger partial charge in [0.25, 0.3) is 0 Å². The molecule has 0 radical (unpaired) electrons. The van der Waals surface area contributed by atoms with Crippen molar-refractivity contribution in [2.75, 3.05) is 16.8 Å². The van der Waals surface area contributed by atoms with Crippen LogP contribution < -0.4 is 15.6 Å². The van der Waals surface area contributed by atoms with Gasteiger partial charge in [-0.05, 0) is 31.2 Å². The Morgan fingerprint density at radius 3 is 2.48 bits per heavy atom. The zero-order valence-electron chi connectivity index (χ0n) is 14.6. The van der Waals surface area contributed by atoms with Gasteiger partial charge in [-0.25, -0.2) is 10.2 Å². The van der Waals surface area contributed by atoms with E-state index < -0.39 is 6.03 Å². The molecule has 1 aromatic heterocycles. The van der Waals surface area contributed by atoms with E-state index in [1.807, 2.05) is 31.2 Å². The predicted molar refractivity (Wildman–Crippen MR) is 108 cm³/mol. The van der Waals surface area contributed by atoms with Crippen LogP contribution in [0.5, 0.6) is 0 Å². The number of anilines is 3. The first-order valence-electron chi connectivity index (χ1n) is 8.45. The van der Waals surface area contributed by atoms with Crippen molar-refractivity contribution < 1.29 is 4.79 Å². The van der Waals surface area contributed by atoms with Crippen molar-refractivity contribution in [1.29, 1.82) is 0 Å². The summed E-state index contributed by atoms with van der Waals surface area (Å²) in [6.07, 6.45) is 1.68. The van der Waals surface area contributed by atoms with Crippen LogP contribution in [0, 0.1) is 6.92 Å². The Hall–Kier alpha value is -3.26. The first kappa shape index (κ1) is 17.2. The fourth-order valence-electron chi connectivity index (χ4n) is 2.83. The highest BCUT2D eigenvalue weighted by Crippen LogP contribution is 2.47. The van der Waals surface area contributed by atoms with Crippen LogP contribution in [0.25, 0.3) is 0 Å². The van der Waals surface area contributed by atoms with E-state index in [1.54, 1.807) is 24.0 Å². The summed E-state index contributed by atoms with van der Waals surface area (Å²) >= 11 is 1.76. The Morgan fingerprint density at radius 2 is 1.85 bits per heavy atom. The standard InChI is InChI=1S/C19H18N6OS/c1-13-12-18(23-22-13)21-19(26)24-20-10-11-25-14-6-2-4-8-16(14)27-17-9-5-3-7-15(17)25/h2-10,12H,11H2,1H3,(H3,21,22,23,24,26)/b20-10+. The molecular weight excluding hydrogens is 360 g/mol. The van der Waals surface area contributed by atoms with E-state index in [4.69, 9.17) is 0 Å². The Labute approximate surface area is 160 Å². The molecule has 0 spiro atoms. The number of aromatic amines is 1. The molecule has 0 bridgehead atoms. The number of aryl methyl sites for hydroxylation is 1. The summed E-state index contributed by atoms with van der Waals surface area (Å²) in [6, 6.07) is 17.8. The van der Waals surface area contributed by atoms with Crippen LogP contribution in [-0.2, 0) is 0 Å². The number of carbonyl (C=O) groups excluding carboxylic acids is 1. The van der Waals surface area contributed by atoms with Gasteiger partial charge < -0.3 is 4.90 Å². The molecule has 3 N–H and O–H groups in total. The molecule has 2 amide bonds. The minimum absolute atomic E-state index is 0.437. The number of amides is 2. The molecule has 27 heavy (non-hydrogen) atoms. The monoisotopic (exact) mass is 378 g/mol. The van der Waals surface area contributed by atoms with Gasteiger partial charge >= 0.3 is 6.03 Å². The van der Waals surface area contributed by atoms with Crippen molar-refractivity contribution in [3.8, 4) is 0 Å². The highest BCUT2D eigenvalue weighted by atomic mass is 32.2. The molecule has 0 fully saturated rings. The number of benzene rings is 2. The molecule has 0 aliphatic carbocycles. The van der Waals surface area contributed by atoms with Crippen LogP contribution in [0.2, 0.25) is 0 Å². The van der Waals surface area contributed by atoms with Gasteiger partial charge in [-0.2, -0.15) is 10.2 Å². The van der Waals surface area contributed by atoms with Crippen LogP contribution in [0.4, 0.5) is 22.0 Å². The number of hydrogen-bond donors (Lipinski definition) is 3. The lowest BCUT2D eigenvalue weighted by molar-refractivity contribution is 0.252. The number of urea groups is 1. The van der Waals surface area contributed by atoms with Crippen LogP contribution in [-0.4, -0.2) is 29.0 Å². The summed E-state index contributed by atoms with van der Waals surface area (Å²) in [7, 11) is 0. The average Bonchev–Trinajstić information content (AvgIpc) is 3.09. The maximum absolute atomic E-state index is 11.9. The zero-order valence-corrected chi connectivity index (χ0v) is 15.5. The lowest BCUT2D eigenvalue weighted by Gasteiger charge is -2.31. The zero-order chi connectivity index (χ0) is 18.6. The minimum Gasteiger partial charge on any atom is -0.334 e. The quantitative estimate of drug-likeness (QED) is 0.471. The number of para-hydroxylation sites is 2. The molecule has 2 aromatic carbocycles. The second-order valence-electron chi connectivity index (χ2n) is 5.96. The number of hydrogen-bond acceptors (Lipinski definition) is 5. The second kappa shape index (κ2) is 7.55. The predicted octanol–water partition coefficient (Wildman–Crippen LogP) is 4.13.